The fourth-order valence-corrected chi connectivity index (χ4v) is 5.26. The summed E-state index contributed by atoms with van der Waals surface area (Å²) >= 11 is 0. The molecule has 2 aliphatic carbocycles. The molecule has 0 amide bonds. The van der Waals surface area contributed by atoms with Crippen LogP contribution in [-0.4, -0.2) is 26.2 Å². The SMILES string of the molecule is Cc1ccc(S(=O)(=O)O[C@]2(C)C[C@H]3C[C@H]2[C@@H]2O[C@H]32)cc1. The molecule has 1 aromatic carbocycles. The van der Waals surface area contributed by atoms with E-state index < -0.39 is 15.7 Å². The van der Waals surface area contributed by atoms with Gasteiger partial charge in [-0.25, -0.2) is 0 Å². The highest BCUT2D eigenvalue weighted by Crippen LogP contribution is 2.61. The Labute approximate surface area is 119 Å². The van der Waals surface area contributed by atoms with E-state index in [1.54, 1.807) is 24.3 Å². The molecule has 4 rings (SSSR count). The second kappa shape index (κ2) is 3.84. The highest BCUT2D eigenvalue weighted by atomic mass is 32.2. The summed E-state index contributed by atoms with van der Waals surface area (Å²) in [6.45, 7) is 3.85. The van der Waals surface area contributed by atoms with Crippen LogP contribution >= 0.6 is 0 Å². The molecule has 0 spiro atoms. The Morgan fingerprint density at radius 1 is 1.25 bits per heavy atom. The van der Waals surface area contributed by atoms with Crippen LogP contribution in [0.4, 0.5) is 0 Å². The molecule has 2 saturated carbocycles. The van der Waals surface area contributed by atoms with E-state index in [4.69, 9.17) is 8.92 Å². The Balaban J connectivity index is 1.60. The van der Waals surface area contributed by atoms with Gasteiger partial charge < -0.3 is 4.74 Å². The van der Waals surface area contributed by atoms with Crippen molar-refractivity contribution in [3.8, 4) is 0 Å². The molecule has 0 radical (unpaired) electrons. The number of aryl methyl sites for hydroxylation is 1. The standard InChI is InChI=1S/C15H18O4S/c1-9-3-5-11(6-4-9)20(16,17)19-15(2)8-10-7-12(15)14-13(10)18-14/h3-6,10,12-14H,7-8H2,1-2H3/t10-,12+,13-,14+,15-/m1/s1. The predicted molar refractivity (Wildman–Crippen MR) is 72.7 cm³/mol. The molecule has 0 N–H and O–H groups in total. The maximum atomic E-state index is 12.4. The molecule has 1 heterocycles. The summed E-state index contributed by atoms with van der Waals surface area (Å²) in [6.07, 6.45) is 2.42. The maximum Gasteiger partial charge on any atom is 0.297 e. The molecule has 0 unspecified atom stereocenters. The van der Waals surface area contributed by atoms with Crippen molar-refractivity contribution in [3.05, 3.63) is 29.8 Å². The topological polar surface area (TPSA) is 55.9 Å². The van der Waals surface area contributed by atoms with Crippen molar-refractivity contribution in [1.82, 2.24) is 0 Å². The molecule has 20 heavy (non-hydrogen) atoms. The fourth-order valence-electron chi connectivity index (χ4n) is 4.00. The zero-order valence-electron chi connectivity index (χ0n) is 11.6. The van der Waals surface area contributed by atoms with Crippen molar-refractivity contribution >= 4 is 10.1 Å². The number of fused-ring (bicyclic) bond motifs is 5. The van der Waals surface area contributed by atoms with Crippen LogP contribution in [0.15, 0.2) is 29.2 Å². The second-order valence-corrected chi connectivity index (χ2v) is 8.08. The van der Waals surface area contributed by atoms with Crippen molar-refractivity contribution in [2.75, 3.05) is 0 Å². The molecule has 108 valence electrons. The predicted octanol–water partition coefficient (Wildman–Crippen LogP) is 2.27. The van der Waals surface area contributed by atoms with E-state index in [0.717, 1.165) is 18.4 Å². The van der Waals surface area contributed by atoms with Gasteiger partial charge >= 0.3 is 0 Å². The van der Waals surface area contributed by atoms with Crippen molar-refractivity contribution in [2.45, 2.75) is 49.4 Å². The van der Waals surface area contributed by atoms with Gasteiger partial charge in [0.2, 0.25) is 0 Å². The van der Waals surface area contributed by atoms with Crippen LogP contribution < -0.4 is 0 Å². The van der Waals surface area contributed by atoms with Gasteiger partial charge in [0.1, 0.15) is 0 Å². The molecule has 5 heteroatoms. The average Bonchev–Trinajstić information content (AvgIpc) is 3.00. The van der Waals surface area contributed by atoms with Gasteiger partial charge in [-0.2, -0.15) is 8.42 Å². The van der Waals surface area contributed by atoms with E-state index in [9.17, 15) is 8.42 Å². The summed E-state index contributed by atoms with van der Waals surface area (Å²) in [5.74, 6) is 0.695. The molecule has 1 aromatic rings. The smallest absolute Gasteiger partial charge is 0.297 e. The molecule has 2 bridgehead atoms. The minimum atomic E-state index is -3.70. The summed E-state index contributed by atoms with van der Waals surface area (Å²) in [7, 11) is -3.70. The third kappa shape index (κ3) is 1.76. The van der Waals surface area contributed by atoms with Crippen LogP contribution in [0.1, 0.15) is 25.3 Å². The minimum absolute atomic E-state index is 0.220. The van der Waals surface area contributed by atoms with Crippen molar-refractivity contribution < 1.29 is 17.3 Å². The highest BCUT2D eigenvalue weighted by Gasteiger charge is 2.68. The number of epoxide rings is 1. The van der Waals surface area contributed by atoms with Crippen LogP contribution in [-0.2, 0) is 19.0 Å². The van der Waals surface area contributed by atoms with Gasteiger partial charge in [-0.15, -0.1) is 0 Å². The first-order valence-corrected chi connectivity index (χ1v) is 8.48. The Morgan fingerprint density at radius 2 is 1.95 bits per heavy atom. The molecular formula is C15H18O4S. The molecule has 4 nitrogen and oxygen atoms in total. The van der Waals surface area contributed by atoms with Gasteiger partial charge in [0.15, 0.2) is 0 Å². The summed E-state index contributed by atoms with van der Waals surface area (Å²) in [4.78, 5) is 0.236. The molecular weight excluding hydrogens is 276 g/mol. The maximum absolute atomic E-state index is 12.4. The minimum Gasteiger partial charge on any atom is -0.369 e. The Morgan fingerprint density at radius 3 is 2.55 bits per heavy atom. The lowest BCUT2D eigenvalue weighted by molar-refractivity contribution is 0.0399. The number of rotatable bonds is 3. The lowest BCUT2D eigenvalue weighted by Gasteiger charge is -2.31. The normalized spacial score (nSPS) is 41.7. The molecule has 3 aliphatic rings. The van der Waals surface area contributed by atoms with Gasteiger partial charge in [0, 0.05) is 5.92 Å². The number of hydrogen-bond donors (Lipinski definition) is 0. The second-order valence-electron chi connectivity index (χ2n) is 6.53. The first kappa shape index (κ1) is 12.8. The van der Waals surface area contributed by atoms with E-state index in [1.165, 1.54) is 0 Å². The lowest BCUT2D eigenvalue weighted by atomic mass is 9.86. The third-order valence-electron chi connectivity index (χ3n) is 5.04. The van der Waals surface area contributed by atoms with Gasteiger partial charge in [-0.3, -0.25) is 4.18 Å². The molecule has 1 aliphatic heterocycles. The summed E-state index contributed by atoms with van der Waals surface area (Å²) < 4.78 is 36.1. The van der Waals surface area contributed by atoms with Crippen molar-refractivity contribution in [1.29, 1.82) is 0 Å². The van der Waals surface area contributed by atoms with E-state index >= 15 is 0 Å². The van der Waals surface area contributed by atoms with Gasteiger partial charge in [-0.1, -0.05) is 17.7 Å². The zero-order valence-corrected chi connectivity index (χ0v) is 12.4. The lowest BCUT2D eigenvalue weighted by Crippen LogP contribution is -2.40. The molecule has 5 atom stereocenters. The number of benzene rings is 1. The summed E-state index contributed by atoms with van der Waals surface area (Å²) in [5.41, 5.74) is 0.427. The van der Waals surface area contributed by atoms with Crippen LogP contribution in [0.25, 0.3) is 0 Å². The van der Waals surface area contributed by atoms with Gasteiger partial charge in [0.25, 0.3) is 10.1 Å². The van der Waals surface area contributed by atoms with E-state index in [-0.39, 0.29) is 16.9 Å². The summed E-state index contributed by atoms with van der Waals surface area (Å²) in [5, 5.41) is 0. The molecule has 1 saturated heterocycles. The van der Waals surface area contributed by atoms with E-state index in [0.29, 0.717) is 12.0 Å². The number of ether oxygens (including phenoxy) is 1. The molecule has 0 aromatic heterocycles. The van der Waals surface area contributed by atoms with E-state index in [2.05, 4.69) is 0 Å². The zero-order chi connectivity index (χ0) is 14.1. The van der Waals surface area contributed by atoms with Crippen LogP contribution in [0.2, 0.25) is 0 Å². The fraction of sp³-hybridized carbons (Fsp3) is 0.600. The average molecular weight is 294 g/mol. The van der Waals surface area contributed by atoms with Crippen molar-refractivity contribution in [3.63, 3.8) is 0 Å². The van der Waals surface area contributed by atoms with Crippen molar-refractivity contribution in [2.24, 2.45) is 11.8 Å². The number of hydrogen-bond acceptors (Lipinski definition) is 4. The first-order valence-electron chi connectivity index (χ1n) is 7.07. The third-order valence-corrected chi connectivity index (χ3v) is 6.49. The van der Waals surface area contributed by atoms with Gasteiger partial charge in [-0.05, 0) is 44.7 Å². The quantitative estimate of drug-likeness (QED) is 0.634. The van der Waals surface area contributed by atoms with Gasteiger partial charge in [0.05, 0.1) is 22.7 Å². The van der Waals surface area contributed by atoms with Crippen LogP contribution in [0, 0.1) is 18.8 Å². The summed E-state index contributed by atoms with van der Waals surface area (Å²) in [6, 6.07) is 6.80. The Kier molecular flexibility index (Phi) is 2.46. The first-order chi connectivity index (χ1) is 9.39. The Hall–Kier alpha value is -0.910. The van der Waals surface area contributed by atoms with Crippen LogP contribution in [0.5, 0.6) is 0 Å². The highest BCUT2D eigenvalue weighted by molar-refractivity contribution is 7.86. The Bertz CT molecular complexity index is 651. The van der Waals surface area contributed by atoms with E-state index in [1.807, 2.05) is 13.8 Å². The molecule has 3 fully saturated rings. The monoisotopic (exact) mass is 294 g/mol. The van der Waals surface area contributed by atoms with Crippen LogP contribution in [0.3, 0.4) is 0 Å². The largest absolute Gasteiger partial charge is 0.369 e.